The van der Waals surface area contributed by atoms with Gasteiger partial charge in [-0.3, -0.25) is 4.40 Å². The Labute approximate surface area is 91.5 Å². The van der Waals surface area contributed by atoms with E-state index in [4.69, 9.17) is 20.0 Å². The van der Waals surface area contributed by atoms with Crippen LogP contribution in [0.2, 0.25) is 0 Å². The predicted molar refractivity (Wildman–Crippen MR) is 56.3 cm³/mol. The Balaban J connectivity index is 2.77. The minimum atomic E-state index is -1.60. The Kier molecular flexibility index (Phi) is 2.52. The van der Waals surface area contributed by atoms with Crippen molar-refractivity contribution in [1.82, 2.24) is 9.38 Å². The molecule has 6 nitrogen and oxygen atoms in total. The number of fused-ring (bicyclic) bond motifs is 1. The Morgan fingerprint density at radius 2 is 2.25 bits per heavy atom. The Bertz CT molecular complexity index is 573. The van der Waals surface area contributed by atoms with E-state index in [1.807, 2.05) is 6.07 Å². The van der Waals surface area contributed by atoms with Crippen molar-refractivity contribution in [3.63, 3.8) is 0 Å². The van der Waals surface area contributed by atoms with Gasteiger partial charge >= 0.3 is 7.12 Å². The molecule has 2 aromatic heterocycles. The molecule has 0 spiro atoms. The smallest absolute Gasteiger partial charge is 0.482 e. The molecule has 80 valence electrons. The summed E-state index contributed by atoms with van der Waals surface area (Å²) >= 11 is 0. The number of rotatable bonds is 2. The van der Waals surface area contributed by atoms with Gasteiger partial charge in [0, 0.05) is 0 Å². The predicted octanol–water partition coefficient (Wildman–Crippen LogP) is -1.11. The summed E-state index contributed by atoms with van der Waals surface area (Å²) in [6.45, 7) is 0. The van der Waals surface area contributed by atoms with Crippen LogP contribution < -0.4 is 10.2 Å². The van der Waals surface area contributed by atoms with Crippen molar-refractivity contribution in [3.05, 3.63) is 24.0 Å². The zero-order valence-electron chi connectivity index (χ0n) is 8.45. The second-order valence-electron chi connectivity index (χ2n) is 3.15. The summed E-state index contributed by atoms with van der Waals surface area (Å²) in [5.41, 5.74) is 1.02. The van der Waals surface area contributed by atoms with Gasteiger partial charge in [-0.1, -0.05) is 0 Å². The van der Waals surface area contributed by atoms with Crippen molar-refractivity contribution in [2.24, 2.45) is 0 Å². The summed E-state index contributed by atoms with van der Waals surface area (Å²) in [7, 11) is -0.162. The summed E-state index contributed by atoms with van der Waals surface area (Å²) in [6, 6.07) is 4.89. The van der Waals surface area contributed by atoms with Crippen LogP contribution >= 0.6 is 0 Å². The summed E-state index contributed by atoms with van der Waals surface area (Å²) in [6.07, 6.45) is 1.39. The van der Waals surface area contributed by atoms with E-state index in [-0.39, 0.29) is 5.46 Å². The quantitative estimate of drug-likeness (QED) is 0.622. The number of hydrogen-bond donors (Lipinski definition) is 2. The topological polar surface area (TPSA) is 90.8 Å². The first-order valence-electron chi connectivity index (χ1n) is 4.49. The largest absolute Gasteiger partial charge is 0.488 e. The fourth-order valence-corrected chi connectivity index (χ4v) is 1.48. The average Bonchev–Trinajstić information content (AvgIpc) is 2.70. The van der Waals surface area contributed by atoms with Crippen molar-refractivity contribution in [2.75, 3.05) is 7.11 Å². The molecule has 0 fully saturated rings. The van der Waals surface area contributed by atoms with E-state index in [0.717, 1.165) is 0 Å². The third kappa shape index (κ3) is 1.50. The van der Waals surface area contributed by atoms with Crippen molar-refractivity contribution >= 4 is 18.2 Å². The molecule has 16 heavy (non-hydrogen) atoms. The van der Waals surface area contributed by atoms with E-state index in [1.165, 1.54) is 29.8 Å². The van der Waals surface area contributed by atoms with Crippen LogP contribution in [0.4, 0.5) is 0 Å². The molecule has 0 aliphatic heterocycles. The molecule has 2 rings (SSSR count). The highest BCUT2D eigenvalue weighted by Gasteiger charge is 2.16. The number of nitriles is 1. The maximum atomic E-state index is 9.07. The molecule has 7 heteroatoms. The van der Waals surface area contributed by atoms with Gasteiger partial charge in [0.1, 0.15) is 17.4 Å². The molecule has 2 heterocycles. The molecular formula is C9H8BN3O3. The molecule has 0 saturated heterocycles. The molecule has 2 aromatic rings. The highest BCUT2D eigenvalue weighted by Crippen LogP contribution is 2.15. The lowest BCUT2D eigenvalue weighted by Gasteiger charge is -2.07. The molecule has 0 unspecified atom stereocenters. The summed E-state index contributed by atoms with van der Waals surface area (Å²) in [5.74, 6) is 0.328. The van der Waals surface area contributed by atoms with Crippen LogP contribution in [0.15, 0.2) is 18.3 Å². The van der Waals surface area contributed by atoms with Gasteiger partial charge in [0.05, 0.1) is 13.3 Å². The maximum absolute atomic E-state index is 9.07. The van der Waals surface area contributed by atoms with Crippen LogP contribution in [0.1, 0.15) is 5.69 Å². The van der Waals surface area contributed by atoms with E-state index in [0.29, 0.717) is 17.2 Å². The van der Waals surface area contributed by atoms with Crippen molar-refractivity contribution in [2.45, 2.75) is 0 Å². The van der Waals surface area contributed by atoms with Crippen LogP contribution in [-0.4, -0.2) is 33.7 Å². The van der Waals surface area contributed by atoms with Crippen LogP contribution in [0.25, 0.3) is 5.65 Å². The zero-order valence-corrected chi connectivity index (χ0v) is 8.45. The molecule has 0 aliphatic carbocycles. The van der Waals surface area contributed by atoms with Gasteiger partial charge in [-0.05, 0) is 17.6 Å². The number of methoxy groups -OCH3 is 1. The molecule has 0 atom stereocenters. The molecule has 0 saturated carbocycles. The van der Waals surface area contributed by atoms with E-state index < -0.39 is 7.12 Å². The molecule has 0 bridgehead atoms. The second kappa shape index (κ2) is 3.85. The second-order valence-corrected chi connectivity index (χ2v) is 3.15. The average molecular weight is 217 g/mol. The lowest BCUT2D eigenvalue weighted by molar-refractivity contribution is 0.391. The first-order valence-corrected chi connectivity index (χ1v) is 4.49. The first kappa shape index (κ1) is 10.5. The third-order valence-electron chi connectivity index (χ3n) is 2.22. The van der Waals surface area contributed by atoms with Gasteiger partial charge in [0.2, 0.25) is 0 Å². The van der Waals surface area contributed by atoms with E-state index in [1.54, 1.807) is 0 Å². The summed E-state index contributed by atoms with van der Waals surface area (Å²) in [4.78, 5) is 3.98. The van der Waals surface area contributed by atoms with Gasteiger partial charge in [-0.2, -0.15) is 5.26 Å². The number of imidazole rings is 1. The lowest BCUT2D eigenvalue weighted by Crippen LogP contribution is -2.30. The third-order valence-corrected chi connectivity index (χ3v) is 2.22. The Morgan fingerprint density at radius 1 is 1.50 bits per heavy atom. The maximum Gasteiger partial charge on any atom is 0.488 e. The number of hydrogen-bond acceptors (Lipinski definition) is 5. The van der Waals surface area contributed by atoms with Crippen LogP contribution in [0.3, 0.4) is 0 Å². The van der Waals surface area contributed by atoms with Crippen LogP contribution in [-0.2, 0) is 0 Å². The minimum absolute atomic E-state index is 0.263. The molecule has 0 amide bonds. The Morgan fingerprint density at radius 3 is 2.81 bits per heavy atom. The van der Waals surface area contributed by atoms with Gasteiger partial charge in [0.25, 0.3) is 0 Å². The number of ether oxygens (including phenoxy) is 1. The zero-order chi connectivity index (χ0) is 11.7. The fourth-order valence-electron chi connectivity index (χ4n) is 1.48. The summed E-state index contributed by atoms with van der Waals surface area (Å²) in [5, 5.41) is 27.0. The van der Waals surface area contributed by atoms with Gasteiger partial charge in [0.15, 0.2) is 5.88 Å². The monoisotopic (exact) mass is 217 g/mol. The van der Waals surface area contributed by atoms with E-state index >= 15 is 0 Å². The highest BCUT2D eigenvalue weighted by molar-refractivity contribution is 6.58. The van der Waals surface area contributed by atoms with Gasteiger partial charge in [-0.25, -0.2) is 4.98 Å². The standard InChI is InChI=1S/C9H8BN3O3/c1-16-9-3-6(10(14)15)2-8-12-5-7(4-11)13(8)9/h2-3,5,14-15H,1H3. The van der Waals surface area contributed by atoms with Crippen LogP contribution in [0, 0.1) is 11.3 Å². The molecule has 0 aromatic carbocycles. The van der Waals surface area contributed by atoms with Gasteiger partial charge < -0.3 is 14.8 Å². The molecular weight excluding hydrogens is 209 g/mol. The van der Waals surface area contributed by atoms with E-state index in [2.05, 4.69) is 4.98 Å². The molecule has 0 radical (unpaired) electrons. The highest BCUT2D eigenvalue weighted by atomic mass is 16.5. The van der Waals surface area contributed by atoms with Gasteiger partial charge in [-0.15, -0.1) is 0 Å². The summed E-state index contributed by atoms with van der Waals surface area (Å²) < 4.78 is 6.56. The molecule has 2 N–H and O–H groups in total. The minimum Gasteiger partial charge on any atom is -0.482 e. The van der Waals surface area contributed by atoms with Crippen LogP contribution in [0.5, 0.6) is 5.88 Å². The molecule has 0 aliphatic rings. The number of aromatic nitrogens is 2. The number of pyridine rings is 1. The van der Waals surface area contributed by atoms with Crippen molar-refractivity contribution < 1.29 is 14.8 Å². The SMILES string of the molecule is COc1cc(B(O)O)cc2ncc(C#N)n12. The fraction of sp³-hybridized carbons (Fsp3) is 0.111. The first-order chi connectivity index (χ1) is 7.67. The lowest BCUT2D eigenvalue weighted by atomic mass is 9.81. The normalized spacial score (nSPS) is 10.1. The van der Waals surface area contributed by atoms with E-state index in [9.17, 15) is 0 Å². The van der Waals surface area contributed by atoms with Crippen molar-refractivity contribution in [1.29, 1.82) is 5.26 Å². The number of nitrogens with zero attached hydrogens (tertiary/aromatic N) is 3. The Hall–Kier alpha value is -2.04. The van der Waals surface area contributed by atoms with Crippen molar-refractivity contribution in [3.8, 4) is 11.9 Å².